The Hall–Kier alpha value is -0.360. The van der Waals surface area contributed by atoms with Gasteiger partial charge in [-0.25, -0.2) is 4.98 Å². The summed E-state index contributed by atoms with van der Waals surface area (Å²) >= 11 is 1.58. The fraction of sp³-hybridized carbons (Fsp3) is 0.692. The number of hydrogen-bond acceptors (Lipinski definition) is 4. The third-order valence-corrected chi connectivity index (χ3v) is 4.70. The molecular weight excluding hydrogens is 317 g/mol. The number of nitrogens with one attached hydrogen (secondary N) is 1. The van der Waals surface area contributed by atoms with Crippen molar-refractivity contribution < 1.29 is 4.79 Å². The van der Waals surface area contributed by atoms with Crippen LogP contribution < -0.4 is 11.1 Å². The second kappa shape index (κ2) is 8.17. The van der Waals surface area contributed by atoms with Crippen molar-refractivity contribution in [3.63, 3.8) is 0 Å². The van der Waals surface area contributed by atoms with Crippen LogP contribution in [0.1, 0.15) is 55.8 Å². The Bertz CT molecular complexity index is 433. The Morgan fingerprint density at radius 3 is 2.50 bits per heavy atom. The van der Waals surface area contributed by atoms with Crippen LogP contribution in [0.2, 0.25) is 0 Å². The maximum atomic E-state index is 12.3. The number of hydrogen-bond donors (Lipinski definition) is 2. The largest absolute Gasteiger partial charge is 0.346 e. The first-order valence-electron chi connectivity index (χ1n) is 6.53. The lowest BCUT2D eigenvalue weighted by molar-refractivity contribution is -0.128. The van der Waals surface area contributed by atoms with Crippen LogP contribution >= 0.6 is 36.2 Å². The lowest BCUT2D eigenvalue weighted by Crippen LogP contribution is -2.55. The molecule has 1 saturated carbocycles. The van der Waals surface area contributed by atoms with Gasteiger partial charge in [-0.05, 0) is 26.7 Å². The highest BCUT2D eigenvalue weighted by Gasteiger charge is 2.36. The molecule has 1 aromatic rings. The summed E-state index contributed by atoms with van der Waals surface area (Å²) in [6.45, 7) is 3.92. The number of nitrogens with two attached hydrogens (primary N) is 1. The summed E-state index contributed by atoms with van der Waals surface area (Å²) in [4.78, 5) is 16.6. The number of aryl methyl sites for hydroxylation is 1. The van der Waals surface area contributed by atoms with Crippen LogP contribution in [0.15, 0.2) is 5.38 Å². The minimum atomic E-state index is -0.668. The van der Waals surface area contributed by atoms with E-state index in [9.17, 15) is 4.79 Å². The van der Waals surface area contributed by atoms with Crippen molar-refractivity contribution in [1.82, 2.24) is 10.3 Å². The van der Waals surface area contributed by atoms with Crippen molar-refractivity contribution in [2.75, 3.05) is 0 Å². The topological polar surface area (TPSA) is 68.0 Å². The van der Waals surface area contributed by atoms with E-state index in [-0.39, 0.29) is 36.8 Å². The van der Waals surface area contributed by atoms with Crippen molar-refractivity contribution in [3.8, 4) is 0 Å². The van der Waals surface area contributed by atoms with Gasteiger partial charge in [0.15, 0.2) is 0 Å². The van der Waals surface area contributed by atoms with Crippen LogP contribution in [-0.4, -0.2) is 16.4 Å². The summed E-state index contributed by atoms with van der Waals surface area (Å²) in [5.74, 6) is -0.0254. The van der Waals surface area contributed by atoms with Gasteiger partial charge in [0.25, 0.3) is 0 Å². The van der Waals surface area contributed by atoms with Crippen LogP contribution in [0.4, 0.5) is 0 Å². The second-order valence-electron chi connectivity index (χ2n) is 5.24. The summed E-state index contributed by atoms with van der Waals surface area (Å²) in [5, 5.41) is 5.95. The minimum absolute atomic E-state index is 0. The number of aromatic nitrogens is 1. The molecule has 1 amide bonds. The average molecular weight is 340 g/mol. The van der Waals surface area contributed by atoms with E-state index in [0.29, 0.717) is 0 Å². The molecule has 1 atom stereocenters. The van der Waals surface area contributed by atoms with Crippen molar-refractivity contribution >= 4 is 42.1 Å². The minimum Gasteiger partial charge on any atom is -0.346 e. The van der Waals surface area contributed by atoms with Crippen molar-refractivity contribution in [2.24, 2.45) is 5.73 Å². The molecule has 7 heteroatoms. The summed E-state index contributed by atoms with van der Waals surface area (Å²) in [5.41, 5.74) is 6.53. The first kappa shape index (κ1) is 19.6. The molecule has 1 aliphatic rings. The normalized spacial score (nSPS) is 18.4. The molecule has 2 rings (SSSR count). The van der Waals surface area contributed by atoms with Gasteiger partial charge >= 0.3 is 0 Å². The molecule has 0 aliphatic heterocycles. The molecule has 0 spiro atoms. The number of amides is 1. The van der Waals surface area contributed by atoms with Gasteiger partial charge in [-0.3, -0.25) is 4.79 Å². The predicted molar refractivity (Wildman–Crippen MR) is 87.9 cm³/mol. The monoisotopic (exact) mass is 339 g/mol. The number of nitrogens with zero attached hydrogens (tertiary/aromatic N) is 1. The SMILES string of the molecule is Cc1csc(C(C)NC(=O)C2(N)CCCCC2)n1.Cl.Cl. The Morgan fingerprint density at radius 1 is 1.40 bits per heavy atom. The molecule has 1 fully saturated rings. The van der Waals surface area contributed by atoms with E-state index in [2.05, 4.69) is 10.3 Å². The van der Waals surface area contributed by atoms with Gasteiger partial charge in [-0.15, -0.1) is 36.2 Å². The van der Waals surface area contributed by atoms with Gasteiger partial charge in [0, 0.05) is 11.1 Å². The zero-order valence-corrected chi connectivity index (χ0v) is 14.3. The van der Waals surface area contributed by atoms with E-state index >= 15 is 0 Å². The van der Waals surface area contributed by atoms with Gasteiger partial charge in [0.05, 0.1) is 11.6 Å². The van der Waals surface area contributed by atoms with Crippen LogP contribution in [0, 0.1) is 6.92 Å². The fourth-order valence-corrected chi connectivity index (χ4v) is 3.19. The third kappa shape index (κ3) is 4.58. The van der Waals surface area contributed by atoms with E-state index in [4.69, 9.17) is 5.73 Å². The lowest BCUT2D eigenvalue weighted by atomic mass is 9.82. The van der Waals surface area contributed by atoms with E-state index in [0.717, 1.165) is 36.4 Å². The van der Waals surface area contributed by atoms with Crippen LogP contribution in [0.3, 0.4) is 0 Å². The van der Waals surface area contributed by atoms with Gasteiger partial charge in [-0.2, -0.15) is 0 Å². The molecule has 20 heavy (non-hydrogen) atoms. The number of halogens is 2. The van der Waals surface area contributed by atoms with Crippen LogP contribution in [0.25, 0.3) is 0 Å². The average Bonchev–Trinajstić information content (AvgIpc) is 2.77. The molecular formula is C13H23Cl2N3OS. The Morgan fingerprint density at radius 2 is 2.00 bits per heavy atom. The number of carbonyl (C=O) groups excluding carboxylic acids is 1. The van der Waals surface area contributed by atoms with Crippen molar-refractivity contribution in [2.45, 2.75) is 57.5 Å². The van der Waals surface area contributed by atoms with Crippen molar-refractivity contribution in [3.05, 3.63) is 16.1 Å². The lowest BCUT2D eigenvalue weighted by Gasteiger charge is -2.32. The maximum Gasteiger partial charge on any atom is 0.240 e. The maximum absolute atomic E-state index is 12.3. The molecule has 3 N–H and O–H groups in total. The molecule has 1 aromatic heterocycles. The Balaban J connectivity index is 0.00000180. The molecule has 0 bridgehead atoms. The molecule has 116 valence electrons. The zero-order valence-electron chi connectivity index (χ0n) is 11.8. The molecule has 0 saturated heterocycles. The number of rotatable bonds is 3. The highest BCUT2D eigenvalue weighted by atomic mass is 35.5. The highest BCUT2D eigenvalue weighted by Crippen LogP contribution is 2.27. The smallest absolute Gasteiger partial charge is 0.240 e. The van der Waals surface area contributed by atoms with E-state index < -0.39 is 5.54 Å². The summed E-state index contributed by atoms with van der Waals surface area (Å²) in [6.07, 6.45) is 4.88. The van der Waals surface area contributed by atoms with Crippen LogP contribution in [-0.2, 0) is 4.79 Å². The quantitative estimate of drug-likeness (QED) is 0.888. The molecule has 1 aliphatic carbocycles. The first-order valence-corrected chi connectivity index (χ1v) is 7.41. The fourth-order valence-electron chi connectivity index (χ4n) is 2.38. The molecule has 1 heterocycles. The molecule has 0 aromatic carbocycles. The van der Waals surface area contributed by atoms with Gasteiger partial charge < -0.3 is 11.1 Å². The summed E-state index contributed by atoms with van der Waals surface area (Å²) in [7, 11) is 0. The predicted octanol–water partition coefficient (Wildman–Crippen LogP) is 3.13. The highest BCUT2D eigenvalue weighted by molar-refractivity contribution is 7.09. The Kier molecular flexibility index (Phi) is 8.03. The van der Waals surface area contributed by atoms with Crippen LogP contribution in [0.5, 0.6) is 0 Å². The molecule has 0 radical (unpaired) electrons. The number of carbonyl (C=O) groups is 1. The van der Waals surface area contributed by atoms with E-state index in [1.165, 1.54) is 6.42 Å². The second-order valence-corrected chi connectivity index (χ2v) is 6.13. The van der Waals surface area contributed by atoms with E-state index in [1.807, 2.05) is 19.2 Å². The summed E-state index contributed by atoms with van der Waals surface area (Å²) in [6, 6.07) is -0.0569. The van der Waals surface area contributed by atoms with Gasteiger partial charge in [-0.1, -0.05) is 19.3 Å². The van der Waals surface area contributed by atoms with Gasteiger partial charge in [0.2, 0.25) is 5.91 Å². The third-order valence-electron chi connectivity index (χ3n) is 3.55. The van der Waals surface area contributed by atoms with Gasteiger partial charge in [0.1, 0.15) is 5.01 Å². The van der Waals surface area contributed by atoms with E-state index in [1.54, 1.807) is 11.3 Å². The number of thiazole rings is 1. The first-order chi connectivity index (χ1) is 8.51. The summed E-state index contributed by atoms with van der Waals surface area (Å²) < 4.78 is 0. The molecule has 1 unspecified atom stereocenters. The zero-order chi connectivity index (χ0) is 13.2. The van der Waals surface area contributed by atoms with Crippen molar-refractivity contribution in [1.29, 1.82) is 0 Å². The standard InChI is InChI=1S/C13H21N3OS.2ClH/c1-9-8-18-11(15-9)10(2)16-12(17)13(14)6-4-3-5-7-13;;/h8,10H,3-7,14H2,1-2H3,(H,16,17);2*1H. The Labute approximate surface area is 136 Å². The molecule has 4 nitrogen and oxygen atoms in total.